The molecule has 1 heterocycles. The van der Waals surface area contributed by atoms with Crippen LogP contribution in [0.4, 0.5) is 4.79 Å². The Hall–Kier alpha value is -1.30. The minimum atomic E-state index is -0.744. The molecule has 122 valence electrons. The molecule has 1 unspecified atom stereocenters. The Morgan fingerprint density at radius 1 is 1.14 bits per heavy atom. The predicted octanol–water partition coefficient (Wildman–Crippen LogP) is 2.36. The molecule has 0 aliphatic carbocycles. The number of urea groups is 1. The summed E-state index contributed by atoms with van der Waals surface area (Å²) in [5, 5.41) is 13.6. The van der Waals surface area contributed by atoms with Crippen molar-refractivity contribution in [1.82, 2.24) is 15.8 Å². The van der Waals surface area contributed by atoms with E-state index in [9.17, 15) is 9.59 Å². The molecule has 0 saturated carbocycles. The number of aliphatic carboxylic acids is 1. The smallest absolute Gasteiger partial charge is 0.329 e. The van der Waals surface area contributed by atoms with Crippen LogP contribution >= 0.6 is 0 Å². The van der Waals surface area contributed by atoms with E-state index in [-0.39, 0.29) is 12.5 Å². The van der Waals surface area contributed by atoms with Gasteiger partial charge < -0.3 is 10.4 Å². The number of piperidine rings is 1. The first-order chi connectivity index (χ1) is 10.1. The highest BCUT2D eigenvalue weighted by atomic mass is 16.4. The Balaban J connectivity index is 2.16. The summed E-state index contributed by atoms with van der Waals surface area (Å²) in [6.45, 7) is 4.54. The number of carboxylic acids is 1. The molecule has 1 atom stereocenters. The van der Waals surface area contributed by atoms with Crippen LogP contribution < -0.4 is 10.7 Å². The Kier molecular flexibility index (Phi) is 8.82. The molecule has 2 amide bonds. The van der Waals surface area contributed by atoms with Crippen molar-refractivity contribution in [2.45, 2.75) is 58.3 Å². The third-order valence-electron chi connectivity index (χ3n) is 3.92. The van der Waals surface area contributed by atoms with E-state index in [0.29, 0.717) is 18.9 Å². The van der Waals surface area contributed by atoms with E-state index in [1.54, 1.807) is 0 Å². The van der Waals surface area contributed by atoms with Gasteiger partial charge in [-0.1, -0.05) is 26.2 Å². The Labute approximate surface area is 127 Å². The van der Waals surface area contributed by atoms with Gasteiger partial charge in [-0.25, -0.2) is 9.80 Å². The maximum atomic E-state index is 11.8. The van der Waals surface area contributed by atoms with Crippen LogP contribution in [-0.2, 0) is 4.79 Å². The van der Waals surface area contributed by atoms with E-state index in [1.165, 1.54) is 6.42 Å². The number of rotatable bonds is 9. The van der Waals surface area contributed by atoms with Crippen LogP contribution in [-0.4, -0.2) is 41.8 Å². The minimum Gasteiger partial charge on any atom is -0.481 e. The number of hydrogen-bond acceptors (Lipinski definition) is 3. The summed E-state index contributed by atoms with van der Waals surface area (Å²) in [5.41, 5.74) is 2.86. The molecular formula is C15H29N3O3. The van der Waals surface area contributed by atoms with Gasteiger partial charge in [0.2, 0.25) is 0 Å². The highest BCUT2D eigenvalue weighted by Gasteiger charge is 2.13. The van der Waals surface area contributed by atoms with Gasteiger partial charge in [0, 0.05) is 26.1 Å². The van der Waals surface area contributed by atoms with Crippen molar-refractivity contribution in [3.8, 4) is 0 Å². The summed E-state index contributed by atoms with van der Waals surface area (Å²) in [4.78, 5) is 22.4. The first-order valence-corrected chi connectivity index (χ1v) is 8.13. The number of carboxylic acid groups (broad SMARTS) is 1. The number of hydrogen-bond donors (Lipinski definition) is 3. The summed E-state index contributed by atoms with van der Waals surface area (Å²) >= 11 is 0. The van der Waals surface area contributed by atoms with Crippen molar-refractivity contribution in [2.24, 2.45) is 5.92 Å². The van der Waals surface area contributed by atoms with E-state index in [0.717, 1.165) is 45.2 Å². The molecule has 6 heteroatoms. The fourth-order valence-electron chi connectivity index (χ4n) is 2.75. The standard InChI is InChI=1S/C15H29N3O3/c1-2-6-13(7-8-14(19)20)9-10-16-15(21)17-18-11-4-3-5-12-18/h13H,2-12H2,1H3,(H,19,20)(H2,16,17,21). The van der Waals surface area contributed by atoms with Crippen molar-refractivity contribution in [3.63, 3.8) is 0 Å². The van der Waals surface area contributed by atoms with Crippen molar-refractivity contribution in [3.05, 3.63) is 0 Å². The van der Waals surface area contributed by atoms with E-state index in [4.69, 9.17) is 5.11 Å². The summed E-state index contributed by atoms with van der Waals surface area (Å²) in [6.07, 6.45) is 7.31. The molecule has 0 spiro atoms. The predicted molar refractivity (Wildman–Crippen MR) is 81.8 cm³/mol. The molecule has 3 N–H and O–H groups in total. The first-order valence-electron chi connectivity index (χ1n) is 8.13. The third kappa shape index (κ3) is 8.55. The summed E-state index contributed by atoms with van der Waals surface area (Å²) in [6, 6.07) is -0.148. The van der Waals surface area contributed by atoms with Crippen LogP contribution in [0.15, 0.2) is 0 Å². The highest BCUT2D eigenvalue weighted by molar-refractivity contribution is 5.73. The topological polar surface area (TPSA) is 81.7 Å². The SMILES string of the molecule is CCCC(CCNC(=O)NN1CCCCC1)CCC(=O)O. The Morgan fingerprint density at radius 3 is 2.48 bits per heavy atom. The maximum Gasteiger partial charge on any atom is 0.329 e. The van der Waals surface area contributed by atoms with Crippen molar-refractivity contribution in [1.29, 1.82) is 0 Å². The molecule has 0 aromatic heterocycles. The molecule has 21 heavy (non-hydrogen) atoms. The van der Waals surface area contributed by atoms with Crippen molar-refractivity contribution < 1.29 is 14.7 Å². The summed E-state index contributed by atoms with van der Waals surface area (Å²) in [5.74, 6) is -0.367. The van der Waals surface area contributed by atoms with Crippen LogP contribution in [0.25, 0.3) is 0 Å². The number of carbonyl (C=O) groups excluding carboxylic acids is 1. The molecule has 0 radical (unpaired) electrons. The van der Waals surface area contributed by atoms with Gasteiger partial charge in [0.25, 0.3) is 0 Å². The van der Waals surface area contributed by atoms with Gasteiger partial charge in [0.05, 0.1) is 0 Å². The Morgan fingerprint density at radius 2 is 1.86 bits per heavy atom. The van der Waals surface area contributed by atoms with Gasteiger partial charge in [0.15, 0.2) is 0 Å². The normalized spacial score (nSPS) is 17.2. The number of nitrogens with zero attached hydrogens (tertiary/aromatic N) is 1. The molecule has 1 fully saturated rings. The zero-order valence-corrected chi connectivity index (χ0v) is 13.1. The second-order valence-corrected chi connectivity index (χ2v) is 5.79. The van der Waals surface area contributed by atoms with Crippen LogP contribution in [0.2, 0.25) is 0 Å². The van der Waals surface area contributed by atoms with Crippen LogP contribution in [0.5, 0.6) is 0 Å². The van der Waals surface area contributed by atoms with Crippen molar-refractivity contribution in [2.75, 3.05) is 19.6 Å². The number of nitrogens with one attached hydrogen (secondary N) is 2. The molecule has 6 nitrogen and oxygen atoms in total. The largest absolute Gasteiger partial charge is 0.481 e. The number of amides is 2. The van der Waals surface area contributed by atoms with Gasteiger partial charge in [-0.05, 0) is 31.6 Å². The lowest BCUT2D eigenvalue weighted by Gasteiger charge is -2.27. The second kappa shape index (κ2) is 10.4. The average Bonchev–Trinajstić information content (AvgIpc) is 2.45. The van der Waals surface area contributed by atoms with Gasteiger partial charge in [-0.15, -0.1) is 0 Å². The molecule has 1 aliphatic rings. The van der Waals surface area contributed by atoms with E-state index < -0.39 is 5.97 Å². The molecule has 1 rings (SSSR count). The highest BCUT2D eigenvalue weighted by Crippen LogP contribution is 2.17. The van der Waals surface area contributed by atoms with Gasteiger partial charge >= 0.3 is 12.0 Å². The van der Waals surface area contributed by atoms with Gasteiger partial charge in [-0.2, -0.15) is 0 Å². The molecule has 1 aliphatic heterocycles. The fourth-order valence-corrected chi connectivity index (χ4v) is 2.75. The minimum absolute atomic E-state index is 0.148. The van der Waals surface area contributed by atoms with Crippen LogP contribution in [0.1, 0.15) is 58.3 Å². The lowest BCUT2D eigenvalue weighted by molar-refractivity contribution is -0.137. The zero-order chi connectivity index (χ0) is 15.5. The van der Waals surface area contributed by atoms with E-state index in [2.05, 4.69) is 17.7 Å². The fraction of sp³-hybridized carbons (Fsp3) is 0.867. The van der Waals surface area contributed by atoms with Crippen LogP contribution in [0, 0.1) is 5.92 Å². The lowest BCUT2D eigenvalue weighted by Crippen LogP contribution is -2.49. The lowest BCUT2D eigenvalue weighted by atomic mass is 9.94. The van der Waals surface area contributed by atoms with E-state index >= 15 is 0 Å². The van der Waals surface area contributed by atoms with Gasteiger partial charge in [0.1, 0.15) is 0 Å². The monoisotopic (exact) mass is 299 g/mol. The van der Waals surface area contributed by atoms with Crippen LogP contribution in [0.3, 0.4) is 0 Å². The number of carbonyl (C=O) groups is 2. The molecular weight excluding hydrogens is 270 g/mol. The summed E-state index contributed by atoms with van der Waals surface area (Å²) < 4.78 is 0. The summed E-state index contributed by atoms with van der Waals surface area (Å²) in [7, 11) is 0. The molecule has 0 aromatic rings. The number of hydrazine groups is 1. The van der Waals surface area contributed by atoms with Gasteiger partial charge in [-0.3, -0.25) is 10.2 Å². The van der Waals surface area contributed by atoms with E-state index in [1.807, 2.05) is 5.01 Å². The molecule has 1 saturated heterocycles. The quantitative estimate of drug-likeness (QED) is 0.610. The second-order valence-electron chi connectivity index (χ2n) is 5.79. The molecule has 0 aromatic carbocycles. The molecule has 0 bridgehead atoms. The Bertz CT molecular complexity index is 317. The average molecular weight is 299 g/mol. The van der Waals surface area contributed by atoms with Crippen molar-refractivity contribution >= 4 is 12.0 Å². The zero-order valence-electron chi connectivity index (χ0n) is 13.1. The third-order valence-corrected chi connectivity index (χ3v) is 3.92. The maximum absolute atomic E-state index is 11.8. The first kappa shape index (κ1) is 17.8.